The van der Waals surface area contributed by atoms with Gasteiger partial charge in [0, 0.05) is 30.4 Å². The number of likely N-dealkylation sites (tertiary alicyclic amines) is 1. The molecule has 0 saturated carbocycles. The zero-order valence-corrected chi connectivity index (χ0v) is 21.6. The van der Waals surface area contributed by atoms with Crippen molar-refractivity contribution in [1.82, 2.24) is 34.7 Å². The van der Waals surface area contributed by atoms with Crippen LogP contribution in [0.2, 0.25) is 0 Å². The third-order valence-electron chi connectivity index (χ3n) is 6.84. The topological polar surface area (TPSA) is 83.8 Å². The van der Waals surface area contributed by atoms with E-state index in [1.807, 2.05) is 37.5 Å². The van der Waals surface area contributed by atoms with Crippen molar-refractivity contribution in [3.05, 3.63) is 59.7 Å². The normalized spacial score (nSPS) is 15.1. The van der Waals surface area contributed by atoms with Gasteiger partial charge in [-0.2, -0.15) is 0 Å². The van der Waals surface area contributed by atoms with Gasteiger partial charge in [0.2, 0.25) is 5.95 Å². The van der Waals surface area contributed by atoms with E-state index in [-0.39, 0.29) is 23.2 Å². The van der Waals surface area contributed by atoms with Crippen LogP contribution in [0.4, 0.5) is 20.5 Å². The molecule has 0 unspecified atom stereocenters. The molecular weight excluding hydrogens is 474 g/mol. The predicted molar refractivity (Wildman–Crippen MR) is 141 cm³/mol. The Balaban J connectivity index is 1.33. The maximum absolute atomic E-state index is 14.9. The molecule has 0 atom stereocenters. The van der Waals surface area contributed by atoms with E-state index in [2.05, 4.69) is 42.5 Å². The van der Waals surface area contributed by atoms with Crippen LogP contribution in [0.25, 0.3) is 22.3 Å². The number of hydrogen-bond donors (Lipinski definition) is 2. The second kappa shape index (κ2) is 10.5. The highest BCUT2D eigenvalue weighted by molar-refractivity contribution is 5.83. The maximum atomic E-state index is 14.9. The average Bonchev–Trinajstić information content (AvgIpc) is 3.22. The lowest BCUT2D eigenvalue weighted by atomic mass is 10.1. The Hall–Kier alpha value is -3.50. The molecule has 0 aliphatic carbocycles. The minimum Gasteiger partial charge on any atom is -0.326 e. The number of piperidine rings is 1. The Kier molecular flexibility index (Phi) is 7.12. The summed E-state index contributed by atoms with van der Waals surface area (Å²) in [5, 5.41) is 6.63. The van der Waals surface area contributed by atoms with Crippen LogP contribution in [0.1, 0.15) is 44.1 Å². The molecule has 0 bridgehead atoms. The molecule has 10 heteroatoms. The van der Waals surface area contributed by atoms with Gasteiger partial charge in [-0.05, 0) is 77.5 Å². The molecule has 0 spiro atoms. The van der Waals surface area contributed by atoms with Crippen LogP contribution in [-0.2, 0) is 6.54 Å². The second-order valence-corrected chi connectivity index (χ2v) is 9.97. The average molecular weight is 507 g/mol. The van der Waals surface area contributed by atoms with Crippen molar-refractivity contribution in [1.29, 1.82) is 0 Å². The summed E-state index contributed by atoms with van der Waals surface area (Å²) in [6.07, 6.45) is 5.17. The van der Waals surface area contributed by atoms with Crippen molar-refractivity contribution >= 4 is 22.8 Å². The molecule has 1 aliphatic heterocycles. The smallest absolute Gasteiger partial charge is 0.229 e. The number of nitrogens with one attached hydrogen (secondary N) is 2. The molecule has 1 aromatic carbocycles. The van der Waals surface area contributed by atoms with E-state index in [0.29, 0.717) is 28.8 Å². The fraction of sp³-hybridized carbons (Fsp3) is 0.407. The first kappa shape index (κ1) is 25.2. The van der Waals surface area contributed by atoms with Gasteiger partial charge in [0.05, 0.1) is 11.7 Å². The quantitative estimate of drug-likeness (QED) is 0.366. The molecule has 1 aliphatic rings. The zero-order chi connectivity index (χ0) is 26.1. The summed E-state index contributed by atoms with van der Waals surface area (Å²) in [5.74, 6) is 0.252. The molecule has 3 aromatic heterocycles. The molecule has 8 nitrogen and oxygen atoms in total. The Morgan fingerprint density at radius 1 is 1.03 bits per heavy atom. The Labute approximate surface area is 215 Å². The third-order valence-corrected chi connectivity index (χ3v) is 6.84. The number of imidazole rings is 1. The molecule has 2 N–H and O–H groups in total. The summed E-state index contributed by atoms with van der Waals surface area (Å²) in [6, 6.07) is 7.40. The second-order valence-electron chi connectivity index (χ2n) is 9.97. The molecule has 1 fully saturated rings. The monoisotopic (exact) mass is 506 g/mol. The first-order valence-corrected chi connectivity index (χ1v) is 12.6. The highest BCUT2D eigenvalue weighted by atomic mass is 19.1. The fourth-order valence-electron chi connectivity index (χ4n) is 4.88. The van der Waals surface area contributed by atoms with Gasteiger partial charge in [0.25, 0.3) is 0 Å². The Morgan fingerprint density at radius 3 is 2.51 bits per heavy atom. The van der Waals surface area contributed by atoms with Crippen LogP contribution in [0, 0.1) is 18.6 Å². The van der Waals surface area contributed by atoms with Gasteiger partial charge in [0.15, 0.2) is 11.6 Å². The third kappa shape index (κ3) is 5.45. The van der Waals surface area contributed by atoms with Crippen molar-refractivity contribution in [3.8, 4) is 11.3 Å². The zero-order valence-electron chi connectivity index (χ0n) is 21.6. The number of hydrogen-bond acceptors (Lipinski definition) is 7. The highest BCUT2D eigenvalue weighted by Crippen LogP contribution is 2.30. The van der Waals surface area contributed by atoms with Gasteiger partial charge in [-0.3, -0.25) is 0 Å². The van der Waals surface area contributed by atoms with Gasteiger partial charge in [0.1, 0.15) is 22.9 Å². The molecule has 37 heavy (non-hydrogen) atoms. The molecule has 0 amide bonds. The summed E-state index contributed by atoms with van der Waals surface area (Å²) >= 11 is 0. The van der Waals surface area contributed by atoms with Crippen LogP contribution in [0.15, 0.2) is 36.7 Å². The van der Waals surface area contributed by atoms with E-state index in [1.165, 1.54) is 6.07 Å². The molecule has 0 radical (unpaired) electrons. The van der Waals surface area contributed by atoms with Crippen molar-refractivity contribution in [2.75, 3.05) is 25.5 Å². The number of benzene rings is 1. The van der Waals surface area contributed by atoms with Gasteiger partial charge in [-0.25, -0.2) is 28.7 Å². The van der Waals surface area contributed by atoms with Crippen molar-refractivity contribution in [3.63, 3.8) is 0 Å². The molecule has 194 valence electrons. The molecule has 1 saturated heterocycles. The number of fused-ring (bicyclic) bond motifs is 1. The van der Waals surface area contributed by atoms with Gasteiger partial charge in [-0.1, -0.05) is 6.07 Å². The number of pyridine rings is 1. The molecule has 5 rings (SSSR count). The summed E-state index contributed by atoms with van der Waals surface area (Å²) in [7, 11) is 2.15. The van der Waals surface area contributed by atoms with Crippen LogP contribution in [0.5, 0.6) is 0 Å². The Morgan fingerprint density at radius 2 is 1.81 bits per heavy atom. The predicted octanol–water partition coefficient (Wildman–Crippen LogP) is 4.98. The summed E-state index contributed by atoms with van der Waals surface area (Å²) in [5.41, 5.74) is 2.26. The van der Waals surface area contributed by atoms with E-state index in [1.54, 1.807) is 12.3 Å². The summed E-state index contributed by atoms with van der Waals surface area (Å²) in [4.78, 5) is 19.6. The van der Waals surface area contributed by atoms with E-state index >= 15 is 0 Å². The lowest BCUT2D eigenvalue weighted by Gasteiger charge is -2.29. The van der Waals surface area contributed by atoms with E-state index in [0.717, 1.165) is 44.2 Å². The maximum Gasteiger partial charge on any atom is 0.229 e. The SMILES string of the molecule is Cc1nc2c(F)cc(-c3nc(Nc4ccc(CNC5CCN(C)CC5)cn4)ncc3F)cc2n1C(C)C. The van der Waals surface area contributed by atoms with Crippen LogP contribution < -0.4 is 10.6 Å². The Bertz CT molecular complexity index is 1390. The molecule has 4 heterocycles. The van der Waals surface area contributed by atoms with Crippen LogP contribution in [0.3, 0.4) is 0 Å². The largest absolute Gasteiger partial charge is 0.326 e. The fourth-order valence-corrected chi connectivity index (χ4v) is 4.88. The summed E-state index contributed by atoms with van der Waals surface area (Å²) in [6.45, 7) is 8.79. The van der Waals surface area contributed by atoms with Crippen LogP contribution >= 0.6 is 0 Å². The standard InChI is InChI=1S/C27H32F2N8/c1-16(2)37-17(3)33-26-21(28)11-19(12-23(26)37)25-22(29)15-32-27(35-25)34-24-6-5-18(14-31-24)13-30-20-7-9-36(4)10-8-20/h5-6,11-12,14-16,20,30H,7-10,13H2,1-4H3,(H,31,32,34,35). The first-order chi connectivity index (χ1) is 17.8. The summed E-state index contributed by atoms with van der Waals surface area (Å²) < 4.78 is 31.6. The van der Waals surface area contributed by atoms with Gasteiger partial charge in [-0.15, -0.1) is 0 Å². The van der Waals surface area contributed by atoms with E-state index in [9.17, 15) is 8.78 Å². The number of halogens is 2. The number of rotatable bonds is 7. The lowest BCUT2D eigenvalue weighted by molar-refractivity contribution is 0.234. The number of anilines is 2. The lowest BCUT2D eigenvalue weighted by Crippen LogP contribution is -2.40. The van der Waals surface area contributed by atoms with E-state index < -0.39 is 11.6 Å². The minimum absolute atomic E-state index is 0.00593. The van der Waals surface area contributed by atoms with Crippen molar-refractivity contribution < 1.29 is 8.78 Å². The number of aryl methyl sites for hydroxylation is 1. The van der Waals surface area contributed by atoms with Crippen LogP contribution in [-0.4, -0.2) is 55.6 Å². The van der Waals surface area contributed by atoms with Crippen molar-refractivity contribution in [2.45, 2.75) is 52.2 Å². The van der Waals surface area contributed by atoms with Crippen molar-refractivity contribution in [2.24, 2.45) is 0 Å². The number of aromatic nitrogens is 5. The van der Waals surface area contributed by atoms with E-state index in [4.69, 9.17) is 0 Å². The first-order valence-electron chi connectivity index (χ1n) is 12.6. The molecule has 4 aromatic rings. The van der Waals surface area contributed by atoms with Gasteiger partial charge >= 0.3 is 0 Å². The highest BCUT2D eigenvalue weighted by Gasteiger charge is 2.19. The minimum atomic E-state index is -0.639. The number of nitrogens with zero attached hydrogens (tertiary/aromatic N) is 6. The van der Waals surface area contributed by atoms with Gasteiger partial charge < -0.3 is 20.1 Å². The molecular formula is C27H32F2N8.